The molecule has 2 aromatic carbocycles. The summed E-state index contributed by atoms with van der Waals surface area (Å²) in [4.78, 5) is 11.9. The molecule has 22 heavy (non-hydrogen) atoms. The van der Waals surface area contributed by atoms with Crippen molar-refractivity contribution in [2.24, 2.45) is 5.10 Å². The second-order valence-electron chi connectivity index (χ2n) is 4.29. The molecule has 0 saturated heterocycles. The van der Waals surface area contributed by atoms with E-state index in [1.165, 1.54) is 24.3 Å². The second-order valence-corrected chi connectivity index (χ2v) is 4.53. The van der Waals surface area contributed by atoms with Crippen LogP contribution in [0.3, 0.4) is 0 Å². The van der Waals surface area contributed by atoms with E-state index in [9.17, 15) is 9.18 Å². The smallest absolute Gasteiger partial charge is 0.217 e. The van der Waals surface area contributed by atoms with E-state index >= 15 is 0 Å². The van der Waals surface area contributed by atoms with Crippen molar-refractivity contribution in [2.45, 2.75) is 0 Å². The number of thiocarbonyl (C=S) groups is 1. The molecule has 4 nitrogen and oxygen atoms in total. The van der Waals surface area contributed by atoms with Crippen molar-refractivity contribution < 1.29 is 13.9 Å². The first kappa shape index (κ1) is 15.8. The van der Waals surface area contributed by atoms with E-state index in [1.54, 1.807) is 31.4 Å². The number of ether oxygens (including phenoxy) is 1. The van der Waals surface area contributed by atoms with Crippen LogP contribution in [-0.2, 0) is 4.79 Å². The zero-order valence-corrected chi connectivity index (χ0v) is 12.6. The fourth-order valence-electron chi connectivity index (χ4n) is 1.71. The third-order valence-corrected chi connectivity index (χ3v) is 3.06. The highest BCUT2D eigenvalue weighted by Gasteiger charge is 2.12. The highest BCUT2D eigenvalue weighted by Crippen LogP contribution is 2.15. The van der Waals surface area contributed by atoms with Gasteiger partial charge in [0.15, 0.2) is 0 Å². The van der Waals surface area contributed by atoms with Crippen molar-refractivity contribution in [2.75, 3.05) is 12.5 Å². The molecule has 0 aliphatic carbocycles. The second kappa shape index (κ2) is 7.42. The Kier molecular flexibility index (Phi) is 5.32. The molecule has 0 fully saturated rings. The van der Waals surface area contributed by atoms with Gasteiger partial charge in [0.1, 0.15) is 17.3 Å². The van der Waals surface area contributed by atoms with E-state index in [4.69, 9.17) is 4.74 Å². The Morgan fingerprint density at radius 1 is 1.18 bits per heavy atom. The van der Waals surface area contributed by atoms with Crippen LogP contribution in [0.5, 0.6) is 5.75 Å². The first-order valence-electron chi connectivity index (χ1n) is 6.37. The number of nitrogens with zero attached hydrogens (tertiary/aromatic N) is 1. The highest BCUT2D eigenvalue weighted by molar-refractivity contribution is 7.80. The van der Waals surface area contributed by atoms with Gasteiger partial charge in [-0.2, -0.15) is 5.10 Å². The van der Waals surface area contributed by atoms with Crippen LogP contribution in [0.25, 0.3) is 0 Å². The quantitative estimate of drug-likeness (QED) is 0.505. The van der Waals surface area contributed by atoms with Crippen LogP contribution in [0.4, 0.5) is 10.1 Å². The van der Waals surface area contributed by atoms with Gasteiger partial charge in [0, 0.05) is 5.56 Å². The van der Waals surface area contributed by atoms with Crippen LogP contribution < -0.4 is 10.2 Å². The first-order valence-corrected chi connectivity index (χ1v) is 6.84. The first-order chi connectivity index (χ1) is 10.6. The van der Waals surface area contributed by atoms with Gasteiger partial charge in [0.25, 0.3) is 0 Å². The Morgan fingerprint density at radius 3 is 2.36 bits per heavy atom. The van der Waals surface area contributed by atoms with Crippen LogP contribution in [0.15, 0.2) is 53.6 Å². The van der Waals surface area contributed by atoms with E-state index in [-0.39, 0.29) is 11.5 Å². The van der Waals surface area contributed by atoms with Crippen LogP contribution >= 0.6 is 12.2 Å². The fraction of sp³-hybridized carbons (Fsp3) is 0.0625. The standard InChI is InChI=1S/C16H13FN2O2S/c1-21-14-8-6-13(7-9-14)18-19-16(15(20)10-22)11-2-4-12(17)5-3-11/h2-10,18H,1H3. The Hall–Kier alpha value is -2.60. The molecule has 6 heteroatoms. The van der Waals surface area contributed by atoms with Crippen molar-refractivity contribution in [1.82, 2.24) is 0 Å². The molecule has 0 aromatic heterocycles. The van der Waals surface area contributed by atoms with Gasteiger partial charge in [-0.15, -0.1) is 0 Å². The number of rotatable bonds is 6. The van der Waals surface area contributed by atoms with Crippen molar-refractivity contribution in [3.8, 4) is 5.75 Å². The maximum absolute atomic E-state index is 13.0. The van der Waals surface area contributed by atoms with E-state index in [0.717, 1.165) is 5.37 Å². The van der Waals surface area contributed by atoms with Crippen molar-refractivity contribution in [3.05, 3.63) is 59.9 Å². The lowest BCUT2D eigenvalue weighted by molar-refractivity contribution is -0.106. The predicted octanol–water partition coefficient (Wildman–Crippen LogP) is 3.22. The van der Waals surface area contributed by atoms with Crippen molar-refractivity contribution in [1.29, 1.82) is 0 Å². The molecule has 0 atom stereocenters. The average molecular weight is 316 g/mol. The molecule has 0 saturated carbocycles. The molecule has 1 N–H and O–H groups in total. The number of halogens is 1. The van der Waals surface area contributed by atoms with Gasteiger partial charge in [-0.25, -0.2) is 4.39 Å². The molecule has 0 radical (unpaired) electrons. The van der Waals surface area contributed by atoms with Crippen LogP contribution in [0, 0.1) is 5.82 Å². The molecule has 0 amide bonds. The van der Waals surface area contributed by atoms with E-state index in [1.807, 2.05) is 0 Å². The molecule has 0 heterocycles. The zero-order chi connectivity index (χ0) is 15.9. The Labute approximate surface area is 132 Å². The third-order valence-electron chi connectivity index (χ3n) is 2.84. The van der Waals surface area contributed by atoms with Crippen LogP contribution in [0.1, 0.15) is 5.56 Å². The number of carbonyl (C=O) groups excluding carboxylic acids is 1. The van der Waals surface area contributed by atoms with E-state index in [0.29, 0.717) is 17.0 Å². The molecule has 0 aliphatic heterocycles. The summed E-state index contributed by atoms with van der Waals surface area (Å²) in [6.07, 6.45) is 0. The lowest BCUT2D eigenvalue weighted by atomic mass is 10.1. The molecule has 0 bridgehead atoms. The summed E-state index contributed by atoms with van der Waals surface area (Å²) in [5.74, 6) is -0.105. The number of methoxy groups -OCH3 is 1. The summed E-state index contributed by atoms with van der Waals surface area (Å²) in [7, 11) is 1.57. The van der Waals surface area contributed by atoms with E-state index < -0.39 is 5.78 Å². The lowest BCUT2D eigenvalue weighted by Crippen LogP contribution is -2.17. The molecule has 0 spiro atoms. The monoisotopic (exact) mass is 316 g/mol. The number of Topliss-reactive ketones (excluding diaryl/α,β-unsaturated/α-hetero) is 1. The lowest BCUT2D eigenvalue weighted by Gasteiger charge is -2.06. The predicted molar refractivity (Wildman–Crippen MR) is 88.2 cm³/mol. The molecule has 2 aromatic rings. The number of hydrazone groups is 1. The molecule has 0 unspecified atom stereocenters. The number of nitrogens with one attached hydrogen (secondary N) is 1. The summed E-state index contributed by atoms with van der Waals surface area (Å²) >= 11 is 4.67. The number of anilines is 1. The Bertz CT molecular complexity index is 697. The molecule has 112 valence electrons. The zero-order valence-electron chi connectivity index (χ0n) is 11.7. The van der Waals surface area contributed by atoms with Crippen molar-refractivity contribution in [3.63, 3.8) is 0 Å². The minimum atomic E-state index is -0.428. The Balaban J connectivity index is 2.26. The summed E-state index contributed by atoms with van der Waals surface area (Å²) in [5, 5.41) is 5.07. The summed E-state index contributed by atoms with van der Waals surface area (Å²) in [6.45, 7) is 0. The maximum atomic E-state index is 13.0. The maximum Gasteiger partial charge on any atom is 0.217 e. The number of hydrogen-bond acceptors (Lipinski definition) is 5. The fourth-order valence-corrected chi connectivity index (χ4v) is 1.82. The number of hydrogen-bond donors (Lipinski definition) is 1. The number of ketones is 1. The van der Waals surface area contributed by atoms with Gasteiger partial charge >= 0.3 is 0 Å². The Morgan fingerprint density at radius 2 is 1.82 bits per heavy atom. The summed E-state index contributed by atoms with van der Waals surface area (Å²) < 4.78 is 18.0. The summed E-state index contributed by atoms with van der Waals surface area (Å²) in [5.41, 5.74) is 4.05. The topological polar surface area (TPSA) is 50.7 Å². The molecular formula is C16H13FN2O2S. The minimum Gasteiger partial charge on any atom is -0.497 e. The normalized spacial score (nSPS) is 10.9. The van der Waals surface area contributed by atoms with Crippen molar-refractivity contribution >= 4 is 34.8 Å². The number of benzene rings is 2. The van der Waals surface area contributed by atoms with Gasteiger partial charge in [0.05, 0.1) is 18.2 Å². The number of carbonyl (C=O) groups is 1. The van der Waals surface area contributed by atoms with Gasteiger partial charge in [-0.3, -0.25) is 10.2 Å². The van der Waals surface area contributed by atoms with Gasteiger partial charge in [0.2, 0.25) is 5.78 Å². The van der Waals surface area contributed by atoms with Crippen LogP contribution in [0.2, 0.25) is 0 Å². The average Bonchev–Trinajstić information content (AvgIpc) is 2.56. The minimum absolute atomic E-state index is 0.116. The largest absolute Gasteiger partial charge is 0.497 e. The van der Waals surface area contributed by atoms with Crippen LogP contribution in [-0.4, -0.2) is 24.0 Å². The molecular weight excluding hydrogens is 303 g/mol. The summed E-state index contributed by atoms with van der Waals surface area (Å²) in [6, 6.07) is 12.5. The third kappa shape index (κ3) is 3.95. The van der Waals surface area contributed by atoms with Gasteiger partial charge in [-0.05, 0) is 48.5 Å². The highest BCUT2D eigenvalue weighted by atomic mass is 32.1. The van der Waals surface area contributed by atoms with E-state index in [2.05, 4.69) is 22.7 Å². The van der Waals surface area contributed by atoms with Gasteiger partial charge in [-0.1, -0.05) is 12.2 Å². The van der Waals surface area contributed by atoms with Gasteiger partial charge < -0.3 is 4.74 Å². The molecule has 2 rings (SSSR count). The SMILES string of the molecule is COc1ccc(NN=C(C(=O)C=S)c2ccc(F)cc2)cc1. The molecule has 0 aliphatic rings.